The van der Waals surface area contributed by atoms with Crippen LogP contribution in [0.2, 0.25) is 0 Å². The highest BCUT2D eigenvalue weighted by Gasteiger charge is 2.21. The van der Waals surface area contributed by atoms with Crippen molar-refractivity contribution in [2.75, 3.05) is 44.5 Å². The molecule has 204 valence electrons. The number of amides is 1. The van der Waals surface area contributed by atoms with Crippen molar-refractivity contribution in [3.8, 4) is 17.2 Å². The summed E-state index contributed by atoms with van der Waals surface area (Å²) in [5.74, 6) is 2.32. The fourth-order valence-corrected chi connectivity index (χ4v) is 5.16. The molecular formula is C30H35N5O4. The Morgan fingerprint density at radius 1 is 1.10 bits per heavy atom. The van der Waals surface area contributed by atoms with Crippen LogP contribution in [0.25, 0.3) is 10.9 Å². The number of carbonyl (C=O) groups excluding carboxylic acids is 1. The van der Waals surface area contributed by atoms with Gasteiger partial charge in [0, 0.05) is 49.1 Å². The van der Waals surface area contributed by atoms with Gasteiger partial charge in [0.05, 0.1) is 18.7 Å². The van der Waals surface area contributed by atoms with Gasteiger partial charge in [-0.2, -0.15) is 0 Å². The van der Waals surface area contributed by atoms with Gasteiger partial charge < -0.3 is 30.2 Å². The summed E-state index contributed by atoms with van der Waals surface area (Å²) >= 11 is 0. The highest BCUT2D eigenvalue weighted by Crippen LogP contribution is 2.36. The Morgan fingerprint density at radius 2 is 1.87 bits per heavy atom. The number of nitrogens with one attached hydrogen (secondary N) is 2. The summed E-state index contributed by atoms with van der Waals surface area (Å²) in [6.45, 7) is 4.50. The predicted molar refractivity (Wildman–Crippen MR) is 153 cm³/mol. The van der Waals surface area contributed by atoms with E-state index in [1.165, 1.54) is 5.56 Å². The van der Waals surface area contributed by atoms with E-state index >= 15 is 0 Å². The number of nitrogens with zero attached hydrogens (tertiary/aromatic N) is 3. The molecule has 39 heavy (non-hydrogen) atoms. The molecule has 5 rings (SSSR count). The maximum atomic E-state index is 12.9. The molecule has 0 saturated carbocycles. The van der Waals surface area contributed by atoms with Gasteiger partial charge in [-0.05, 0) is 74.7 Å². The number of aromatic nitrogens is 2. The Morgan fingerprint density at radius 3 is 2.56 bits per heavy atom. The summed E-state index contributed by atoms with van der Waals surface area (Å²) in [5.41, 5.74) is 5.88. The van der Waals surface area contributed by atoms with Crippen LogP contribution in [0.15, 0.2) is 67.0 Å². The van der Waals surface area contributed by atoms with Crippen LogP contribution in [0, 0.1) is 0 Å². The SMILES string of the molecule is CNn1ccc2cc(Oc3ccnc(NC(=O)c4ccc(C5CCN(C[C@H](C)O)CC5)cc4)c3)c(OC)cc21. The Bertz CT molecular complexity index is 1430. The first kappa shape index (κ1) is 26.5. The van der Waals surface area contributed by atoms with Gasteiger partial charge in [-0.3, -0.25) is 9.47 Å². The number of carbonyl (C=O) groups is 1. The van der Waals surface area contributed by atoms with Gasteiger partial charge in [-0.1, -0.05) is 12.1 Å². The van der Waals surface area contributed by atoms with Crippen LogP contribution < -0.4 is 20.2 Å². The van der Waals surface area contributed by atoms with Crippen molar-refractivity contribution in [1.29, 1.82) is 0 Å². The smallest absolute Gasteiger partial charge is 0.256 e. The molecule has 0 bridgehead atoms. The first-order valence-corrected chi connectivity index (χ1v) is 13.3. The van der Waals surface area contributed by atoms with Crippen molar-refractivity contribution in [3.05, 3.63) is 78.1 Å². The van der Waals surface area contributed by atoms with Gasteiger partial charge in [0.1, 0.15) is 11.6 Å². The van der Waals surface area contributed by atoms with Crippen LogP contribution in [-0.2, 0) is 0 Å². The van der Waals surface area contributed by atoms with Crippen LogP contribution in [0.3, 0.4) is 0 Å². The largest absolute Gasteiger partial charge is 0.493 e. The fourth-order valence-electron chi connectivity index (χ4n) is 5.16. The van der Waals surface area contributed by atoms with E-state index < -0.39 is 0 Å². The predicted octanol–water partition coefficient (Wildman–Crippen LogP) is 4.82. The number of benzene rings is 2. The van der Waals surface area contributed by atoms with E-state index in [0.29, 0.717) is 34.5 Å². The molecule has 1 aliphatic heterocycles. The van der Waals surface area contributed by atoms with Crippen molar-refractivity contribution in [2.45, 2.75) is 31.8 Å². The quantitative estimate of drug-likeness (QED) is 0.286. The number of hydrogen-bond donors (Lipinski definition) is 3. The maximum absolute atomic E-state index is 12.9. The molecule has 0 unspecified atom stereocenters. The van der Waals surface area contributed by atoms with Crippen LogP contribution in [0.4, 0.5) is 5.82 Å². The molecular weight excluding hydrogens is 494 g/mol. The van der Waals surface area contributed by atoms with E-state index in [0.717, 1.165) is 43.4 Å². The summed E-state index contributed by atoms with van der Waals surface area (Å²) in [6, 6.07) is 17.1. The molecule has 1 atom stereocenters. The lowest BCUT2D eigenvalue weighted by Crippen LogP contribution is -2.37. The monoisotopic (exact) mass is 529 g/mol. The molecule has 3 heterocycles. The van der Waals surface area contributed by atoms with Crippen LogP contribution in [0.1, 0.15) is 41.6 Å². The number of β-amino-alcohol motifs (C(OH)–C–C–N with tert-alkyl or cyclic N) is 1. The minimum Gasteiger partial charge on any atom is -0.493 e. The third-order valence-corrected chi connectivity index (χ3v) is 7.17. The van der Waals surface area contributed by atoms with Crippen molar-refractivity contribution in [1.82, 2.24) is 14.6 Å². The molecule has 1 fully saturated rings. The molecule has 3 N–H and O–H groups in total. The summed E-state index contributed by atoms with van der Waals surface area (Å²) in [5, 5.41) is 13.5. The van der Waals surface area contributed by atoms with Crippen molar-refractivity contribution >= 4 is 22.6 Å². The van der Waals surface area contributed by atoms with E-state index in [1.54, 1.807) is 25.4 Å². The van der Waals surface area contributed by atoms with Crippen molar-refractivity contribution in [2.24, 2.45) is 0 Å². The second-order valence-electron chi connectivity index (χ2n) is 9.95. The Kier molecular flexibility index (Phi) is 7.99. The van der Waals surface area contributed by atoms with E-state index in [-0.39, 0.29) is 12.0 Å². The number of likely N-dealkylation sites (tertiary alicyclic amines) is 1. The lowest BCUT2D eigenvalue weighted by Gasteiger charge is -2.32. The second-order valence-corrected chi connectivity index (χ2v) is 9.95. The number of aliphatic hydroxyl groups is 1. The number of methoxy groups -OCH3 is 1. The molecule has 4 aromatic rings. The average molecular weight is 530 g/mol. The van der Waals surface area contributed by atoms with Gasteiger partial charge in [-0.25, -0.2) is 4.98 Å². The number of rotatable bonds is 9. The minimum absolute atomic E-state index is 0.231. The summed E-state index contributed by atoms with van der Waals surface area (Å²) in [6.07, 6.45) is 5.33. The Labute approximate surface area is 228 Å². The van der Waals surface area contributed by atoms with Gasteiger partial charge in [0.15, 0.2) is 11.5 Å². The maximum Gasteiger partial charge on any atom is 0.256 e. The molecule has 2 aromatic carbocycles. The number of ether oxygens (including phenoxy) is 2. The van der Waals surface area contributed by atoms with Crippen LogP contribution in [-0.4, -0.2) is 65.5 Å². The summed E-state index contributed by atoms with van der Waals surface area (Å²) < 4.78 is 13.6. The summed E-state index contributed by atoms with van der Waals surface area (Å²) in [4.78, 5) is 19.5. The fraction of sp³-hybridized carbons (Fsp3) is 0.333. The molecule has 0 spiro atoms. The molecule has 1 amide bonds. The topological polar surface area (TPSA) is 101 Å². The highest BCUT2D eigenvalue weighted by molar-refractivity contribution is 6.03. The van der Waals surface area contributed by atoms with Crippen LogP contribution >= 0.6 is 0 Å². The lowest BCUT2D eigenvalue weighted by atomic mass is 9.89. The number of aliphatic hydroxyl groups excluding tert-OH is 1. The minimum atomic E-state index is -0.301. The number of hydrogen-bond acceptors (Lipinski definition) is 7. The van der Waals surface area contributed by atoms with E-state index in [4.69, 9.17) is 9.47 Å². The number of piperidine rings is 1. The second kappa shape index (κ2) is 11.8. The zero-order chi connectivity index (χ0) is 27.4. The van der Waals surface area contributed by atoms with Gasteiger partial charge in [0.25, 0.3) is 5.91 Å². The zero-order valence-electron chi connectivity index (χ0n) is 22.6. The van der Waals surface area contributed by atoms with Gasteiger partial charge in [0.2, 0.25) is 0 Å². The van der Waals surface area contributed by atoms with E-state index in [1.807, 2.05) is 67.3 Å². The summed E-state index contributed by atoms with van der Waals surface area (Å²) in [7, 11) is 3.45. The van der Waals surface area contributed by atoms with Crippen molar-refractivity contribution in [3.63, 3.8) is 0 Å². The van der Waals surface area contributed by atoms with Crippen molar-refractivity contribution < 1.29 is 19.4 Å². The molecule has 9 heteroatoms. The molecule has 0 radical (unpaired) electrons. The van der Waals surface area contributed by atoms with Crippen LogP contribution in [0.5, 0.6) is 17.2 Å². The number of anilines is 1. The normalized spacial score (nSPS) is 15.2. The first-order chi connectivity index (χ1) is 18.9. The average Bonchev–Trinajstić information content (AvgIpc) is 3.34. The molecule has 0 aliphatic carbocycles. The molecule has 2 aromatic heterocycles. The highest BCUT2D eigenvalue weighted by atomic mass is 16.5. The third-order valence-electron chi connectivity index (χ3n) is 7.17. The van der Waals surface area contributed by atoms with Gasteiger partial charge in [-0.15, -0.1) is 0 Å². The zero-order valence-corrected chi connectivity index (χ0v) is 22.6. The van der Waals surface area contributed by atoms with Gasteiger partial charge >= 0.3 is 0 Å². The standard InChI is InChI=1S/C30H35N5O4/c1-20(36)19-34-13-9-22(10-14-34)21-4-6-23(7-5-21)30(37)33-29-17-25(8-12-32-29)39-28-16-24-11-15-35(31-2)26(24)18-27(28)38-3/h4-8,11-12,15-18,20,22,31,36H,9-10,13-14,19H2,1-3H3,(H,32,33,37)/t20-/m0/s1. The third kappa shape index (κ3) is 6.16. The van der Waals surface area contributed by atoms with E-state index in [9.17, 15) is 9.90 Å². The molecule has 9 nitrogen and oxygen atoms in total. The Balaban J connectivity index is 1.23. The Hall–Kier alpha value is -4.08. The molecule has 1 aliphatic rings. The lowest BCUT2D eigenvalue weighted by molar-refractivity contribution is 0.102. The van der Waals surface area contributed by atoms with E-state index in [2.05, 4.69) is 20.6 Å². The molecule has 1 saturated heterocycles. The number of fused-ring (bicyclic) bond motifs is 1. The first-order valence-electron chi connectivity index (χ1n) is 13.3. The number of pyridine rings is 1.